The molecule has 0 unspecified atom stereocenters. The Balaban J connectivity index is 1.31. The number of carbonyl (C=O) groups is 1. The number of nitrogens with two attached hydrogens (primary N) is 1. The molecule has 1 aliphatic rings. The van der Waals surface area contributed by atoms with Crippen LogP contribution in [0.3, 0.4) is 0 Å². The maximum Gasteiger partial charge on any atom is 0.219 e. The first-order chi connectivity index (χ1) is 19.0. The van der Waals surface area contributed by atoms with Crippen LogP contribution in [-0.2, 0) is 24.3 Å². The lowest BCUT2D eigenvalue weighted by atomic mass is 9.96. The molecule has 0 saturated heterocycles. The summed E-state index contributed by atoms with van der Waals surface area (Å²) in [6.45, 7) is 3.72. The van der Waals surface area contributed by atoms with E-state index < -0.39 is 0 Å². The Morgan fingerprint density at radius 2 is 1.82 bits per heavy atom. The number of benzene rings is 3. The van der Waals surface area contributed by atoms with E-state index in [0.717, 1.165) is 57.3 Å². The molecular formula is C31H27N7O. The van der Waals surface area contributed by atoms with Crippen LogP contribution in [0.5, 0.6) is 0 Å². The second-order valence-corrected chi connectivity index (χ2v) is 10.1. The van der Waals surface area contributed by atoms with E-state index in [2.05, 4.69) is 70.9 Å². The Hall–Kier alpha value is -4.98. The number of carbonyl (C=O) groups excluding carboxylic acids is 1. The van der Waals surface area contributed by atoms with Crippen molar-refractivity contribution in [1.29, 1.82) is 0 Å². The molecule has 0 fully saturated rings. The molecule has 0 aliphatic carbocycles. The van der Waals surface area contributed by atoms with Gasteiger partial charge in [0.1, 0.15) is 11.8 Å². The first-order valence-electron chi connectivity index (χ1n) is 13.0. The maximum atomic E-state index is 12.0. The van der Waals surface area contributed by atoms with Crippen LogP contribution in [0, 0.1) is 0 Å². The zero-order valence-electron chi connectivity index (χ0n) is 21.6. The van der Waals surface area contributed by atoms with Crippen molar-refractivity contribution in [1.82, 2.24) is 29.3 Å². The van der Waals surface area contributed by atoms with Crippen molar-refractivity contribution in [3.63, 3.8) is 0 Å². The highest BCUT2D eigenvalue weighted by atomic mass is 16.2. The third-order valence-electron chi connectivity index (χ3n) is 7.60. The smallest absolute Gasteiger partial charge is 0.219 e. The van der Waals surface area contributed by atoms with Gasteiger partial charge in [-0.3, -0.25) is 9.48 Å². The second kappa shape index (κ2) is 9.09. The third-order valence-corrected chi connectivity index (χ3v) is 7.60. The summed E-state index contributed by atoms with van der Waals surface area (Å²) in [4.78, 5) is 18.2. The van der Waals surface area contributed by atoms with Crippen molar-refractivity contribution < 1.29 is 4.79 Å². The average Bonchev–Trinajstić information content (AvgIpc) is 3.54. The van der Waals surface area contributed by atoms with Crippen LogP contribution in [0.15, 0.2) is 85.3 Å². The molecule has 3 aromatic heterocycles. The molecule has 39 heavy (non-hydrogen) atoms. The van der Waals surface area contributed by atoms with Crippen molar-refractivity contribution >= 4 is 28.1 Å². The lowest BCUT2D eigenvalue weighted by Gasteiger charge is -2.28. The summed E-state index contributed by atoms with van der Waals surface area (Å²) < 4.78 is 3.84. The second-order valence-electron chi connectivity index (χ2n) is 10.1. The van der Waals surface area contributed by atoms with Gasteiger partial charge in [-0.1, -0.05) is 54.6 Å². The zero-order chi connectivity index (χ0) is 26.5. The van der Waals surface area contributed by atoms with Gasteiger partial charge in [0.2, 0.25) is 5.91 Å². The van der Waals surface area contributed by atoms with Crippen LogP contribution >= 0.6 is 0 Å². The van der Waals surface area contributed by atoms with Crippen LogP contribution in [0.25, 0.3) is 38.8 Å². The Morgan fingerprint density at radius 1 is 0.974 bits per heavy atom. The van der Waals surface area contributed by atoms with E-state index in [0.29, 0.717) is 18.9 Å². The van der Waals surface area contributed by atoms with E-state index in [1.807, 2.05) is 32.3 Å². The van der Waals surface area contributed by atoms with Crippen molar-refractivity contribution in [3.05, 3.63) is 102 Å². The molecule has 0 atom stereocenters. The lowest BCUT2D eigenvalue weighted by molar-refractivity contribution is -0.129. The Morgan fingerprint density at radius 3 is 2.67 bits per heavy atom. The van der Waals surface area contributed by atoms with Gasteiger partial charge in [0.05, 0.1) is 17.8 Å². The summed E-state index contributed by atoms with van der Waals surface area (Å²) in [5.41, 5.74) is 15.6. The number of nitrogen functional groups attached to an aromatic ring is 1. The SMILES string of the molecule is CC(=O)N1CCc2ccc(-c3cc(-c4ccc5cn(Cc6ccccc6)nc5c4)c4c(N)ncnn34)cc2C1. The van der Waals surface area contributed by atoms with Gasteiger partial charge in [0, 0.05) is 42.7 Å². The average molecular weight is 514 g/mol. The molecule has 0 spiro atoms. The molecule has 8 heteroatoms. The predicted molar refractivity (Wildman–Crippen MR) is 152 cm³/mol. The van der Waals surface area contributed by atoms with Crippen LogP contribution in [-0.4, -0.2) is 41.7 Å². The number of rotatable bonds is 4. The summed E-state index contributed by atoms with van der Waals surface area (Å²) >= 11 is 0. The Labute approximate surface area is 225 Å². The van der Waals surface area contributed by atoms with Gasteiger partial charge in [0.15, 0.2) is 5.82 Å². The first-order valence-corrected chi connectivity index (χ1v) is 13.0. The Kier molecular flexibility index (Phi) is 5.40. The molecule has 192 valence electrons. The van der Waals surface area contributed by atoms with Crippen molar-refractivity contribution in [2.75, 3.05) is 12.3 Å². The molecule has 0 saturated carbocycles. The predicted octanol–water partition coefficient (Wildman–Crippen LogP) is 4.95. The zero-order valence-corrected chi connectivity index (χ0v) is 21.6. The summed E-state index contributed by atoms with van der Waals surface area (Å²) in [6.07, 6.45) is 4.42. The van der Waals surface area contributed by atoms with Gasteiger partial charge in [-0.05, 0) is 46.9 Å². The van der Waals surface area contributed by atoms with Gasteiger partial charge < -0.3 is 10.6 Å². The van der Waals surface area contributed by atoms with E-state index in [9.17, 15) is 4.79 Å². The van der Waals surface area contributed by atoms with E-state index in [-0.39, 0.29) is 5.91 Å². The summed E-state index contributed by atoms with van der Waals surface area (Å²) in [5.74, 6) is 0.519. The number of hydrogen-bond donors (Lipinski definition) is 1. The standard InChI is InChI=1S/C31H27N7O/c1-20(39)36-12-11-22-7-9-24(13-26(22)17-36)29-15-27(30-31(32)33-19-34-38(29)30)23-8-10-25-18-37(35-28(25)14-23)16-21-5-3-2-4-6-21/h2-10,13-15,18-19H,11-12,16-17H2,1H3,(H2,32,33,34). The number of amides is 1. The molecule has 6 aromatic rings. The fourth-order valence-corrected chi connectivity index (χ4v) is 5.57. The van der Waals surface area contributed by atoms with Gasteiger partial charge in [-0.15, -0.1) is 0 Å². The van der Waals surface area contributed by atoms with Crippen molar-refractivity contribution in [3.8, 4) is 22.4 Å². The third kappa shape index (κ3) is 4.10. The minimum absolute atomic E-state index is 0.101. The van der Waals surface area contributed by atoms with Crippen molar-refractivity contribution in [2.45, 2.75) is 26.4 Å². The summed E-state index contributed by atoms with van der Waals surface area (Å²) in [6, 6.07) is 25.2. The van der Waals surface area contributed by atoms with Gasteiger partial charge in [-0.2, -0.15) is 10.2 Å². The molecule has 0 radical (unpaired) electrons. The highest BCUT2D eigenvalue weighted by Crippen LogP contribution is 2.36. The molecule has 8 nitrogen and oxygen atoms in total. The molecule has 7 rings (SSSR count). The molecular weight excluding hydrogens is 486 g/mol. The van der Waals surface area contributed by atoms with Crippen molar-refractivity contribution in [2.24, 2.45) is 0 Å². The number of anilines is 1. The number of aromatic nitrogens is 5. The first kappa shape index (κ1) is 23.2. The molecule has 0 bridgehead atoms. The minimum atomic E-state index is 0.101. The monoisotopic (exact) mass is 513 g/mol. The normalized spacial score (nSPS) is 13.2. The summed E-state index contributed by atoms with van der Waals surface area (Å²) in [5, 5.41) is 10.5. The fraction of sp³-hybridized carbons (Fsp3) is 0.161. The topological polar surface area (TPSA) is 94.3 Å². The molecule has 1 aliphatic heterocycles. The number of hydrogen-bond acceptors (Lipinski definition) is 5. The van der Waals surface area contributed by atoms with E-state index in [1.165, 1.54) is 17.5 Å². The van der Waals surface area contributed by atoms with Crippen LogP contribution < -0.4 is 5.73 Å². The van der Waals surface area contributed by atoms with Crippen LogP contribution in [0.2, 0.25) is 0 Å². The van der Waals surface area contributed by atoms with Crippen LogP contribution in [0.4, 0.5) is 5.82 Å². The minimum Gasteiger partial charge on any atom is -0.382 e. The van der Waals surface area contributed by atoms with Crippen LogP contribution in [0.1, 0.15) is 23.6 Å². The van der Waals surface area contributed by atoms with Gasteiger partial charge >= 0.3 is 0 Å². The van der Waals surface area contributed by atoms with Gasteiger partial charge in [0.25, 0.3) is 0 Å². The molecule has 4 heterocycles. The van der Waals surface area contributed by atoms with Gasteiger partial charge in [-0.25, -0.2) is 9.50 Å². The molecule has 3 aromatic carbocycles. The number of nitrogens with zero attached hydrogens (tertiary/aromatic N) is 6. The fourth-order valence-electron chi connectivity index (χ4n) is 5.57. The highest BCUT2D eigenvalue weighted by Gasteiger charge is 2.21. The Bertz CT molecular complexity index is 1870. The van der Waals surface area contributed by atoms with E-state index in [4.69, 9.17) is 10.8 Å². The maximum absolute atomic E-state index is 12.0. The number of fused-ring (bicyclic) bond motifs is 3. The van der Waals surface area contributed by atoms with E-state index in [1.54, 1.807) is 6.92 Å². The highest BCUT2D eigenvalue weighted by molar-refractivity contribution is 5.95. The lowest BCUT2D eigenvalue weighted by Crippen LogP contribution is -2.34. The molecule has 2 N–H and O–H groups in total. The summed E-state index contributed by atoms with van der Waals surface area (Å²) in [7, 11) is 0. The van der Waals surface area contributed by atoms with E-state index >= 15 is 0 Å². The largest absolute Gasteiger partial charge is 0.382 e. The molecule has 1 amide bonds. The quantitative estimate of drug-likeness (QED) is 0.360.